The number of aromatic nitrogens is 1. The van der Waals surface area contributed by atoms with E-state index in [4.69, 9.17) is 11.6 Å². The van der Waals surface area contributed by atoms with Gasteiger partial charge < -0.3 is 9.67 Å². The number of hydrogen-bond acceptors (Lipinski definition) is 2. The fourth-order valence-electron chi connectivity index (χ4n) is 2.10. The Bertz CT molecular complexity index is 742. The molecule has 2 aromatic heterocycles. The van der Waals surface area contributed by atoms with Gasteiger partial charge in [-0.1, -0.05) is 23.7 Å². The van der Waals surface area contributed by atoms with Crippen LogP contribution in [0, 0.1) is 0 Å². The summed E-state index contributed by atoms with van der Waals surface area (Å²) in [6.45, 7) is 0.527. The Morgan fingerprint density at radius 3 is 2.68 bits per heavy atom. The van der Waals surface area contributed by atoms with Crippen LogP contribution >= 0.6 is 22.9 Å². The first kappa shape index (κ1) is 12.3. The van der Waals surface area contributed by atoms with Gasteiger partial charge in [0.15, 0.2) is 0 Å². The highest BCUT2D eigenvalue weighted by atomic mass is 35.5. The summed E-state index contributed by atoms with van der Waals surface area (Å²) < 4.78 is 2.81. The van der Waals surface area contributed by atoms with Crippen LogP contribution in [0.25, 0.3) is 10.2 Å². The average molecular weight is 292 g/mol. The molecule has 0 bridgehead atoms. The lowest BCUT2D eigenvalue weighted by Crippen LogP contribution is -2.09. The first-order valence-electron chi connectivity index (χ1n) is 5.69. The van der Waals surface area contributed by atoms with Crippen molar-refractivity contribution in [2.75, 3.05) is 0 Å². The van der Waals surface area contributed by atoms with E-state index >= 15 is 0 Å². The second-order valence-electron chi connectivity index (χ2n) is 4.22. The third-order valence-corrected chi connectivity index (χ3v) is 4.10. The van der Waals surface area contributed by atoms with E-state index in [1.54, 1.807) is 17.4 Å². The minimum Gasteiger partial charge on any atom is -0.477 e. The zero-order valence-corrected chi connectivity index (χ0v) is 11.4. The Labute approximate surface area is 118 Å². The van der Waals surface area contributed by atoms with E-state index in [9.17, 15) is 9.90 Å². The van der Waals surface area contributed by atoms with Crippen molar-refractivity contribution in [2.24, 2.45) is 0 Å². The molecule has 0 radical (unpaired) electrons. The van der Waals surface area contributed by atoms with Crippen LogP contribution in [0.15, 0.2) is 41.8 Å². The largest absolute Gasteiger partial charge is 0.477 e. The van der Waals surface area contributed by atoms with E-state index in [0.717, 1.165) is 15.8 Å². The molecule has 0 saturated carbocycles. The molecule has 5 heteroatoms. The minimum absolute atomic E-state index is 0.316. The van der Waals surface area contributed by atoms with E-state index in [-0.39, 0.29) is 0 Å². The van der Waals surface area contributed by atoms with Gasteiger partial charge in [-0.2, -0.15) is 0 Å². The molecule has 0 aliphatic carbocycles. The Balaban J connectivity index is 2.07. The van der Waals surface area contributed by atoms with Crippen LogP contribution in [0.1, 0.15) is 16.1 Å². The van der Waals surface area contributed by atoms with Crippen molar-refractivity contribution < 1.29 is 9.90 Å². The minimum atomic E-state index is -0.905. The molecule has 3 nitrogen and oxygen atoms in total. The van der Waals surface area contributed by atoms with Gasteiger partial charge >= 0.3 is 5.97 Å². The maximum atomic E-state index is 11.3. The maximum Gasteiger partial charge on any atom is 0.352 e. The highest BCUT2D eigenvalue weighted by molar-refractivity contribution is 7.17. The first-order valence-corrected chi connectivity index (χ1v) is 6.95. The summed E-state index contributed by atoms with van der Waals surface area (Å²) in [7, 11) is 0. The lowest BCUT2D eigenvalue weighted by atomic mass is 10.2. The summed E-state index contributed by atoms with van der Waals surface area (Å²) in [5.74, 6) is -0.905. The van der Waals surface area contributed by atoms with Crippen LogP contribution in [0.2, 0.25) is 5.02 Å². The molecule has 3 aromatic rings. The second kappa shape index (κ2) is 4.72. The van der Waals surface area contributed by atoms with Crippen molar-refractivity contribution in [1.29, 1.82) is 0 Å². The molecule has 0 unspecified atom stereocenters. The van der Waals surface area contributed by atoms with Crippen LogP contribution in [-0.2, 0) is 6.54 Å². The van der Waals surface area contributed by atoms with E-state index in [1.165, 1.54) is 0 Å². The van der Waals surface area contributed by atoms with E-state index < -0.39 is 5.97 Å². The molecule has 0 fully saturated rings. The van der Waals surface area contributed by atoms with Crippen LogP contribution in [0.4, 0.5) is 0 Å². The van der Waals surface area contributed by atoms with Gasteiger partial charge in [-0.05, 0) is 35.2 Å². The number of hydrogen-bond donors (Lipinski definition) is 1. The molecule has 0 aliphatic rings. The number of carboxylic acids is 1. The smallest absolute Gasteiger partial charge is 0.352 e. The third kappa shape index (κ3) is 2.25. The molecule has 0 aliphatic heterocycles. The van der Waals surface area contributed by atoms with Crippen LogP contribution in [-0.4, -0.2) is 15.6 Å². The summed E-state index contributed by atoms with van der Waals surface area (Å²) >= 11 is 7.40. The molecule has 19 heavy (non-hydrogen) atoms. The standard InChI is InChI=1S/C14H10ClNO2S/c15-10-3-1-9(2-4-10)8-16-11-5-6-19-13(11)7-12(16)14(17)18/h1-7H,8H2,(H,17,18). The number of halogens is 1. The molecule has 0 saturated heterocycles. The molecule has 0 atom stereocenters. The zero-order chi connectivity index (χ0) is 13.4. The monoisotopic (exact) mass is 291 g/mol. The normalized spacial score (nSPS) is 11.0. The predicted molar refractivity (Wildman–Crippen MR) is 77.3 cm³/mol. The summed E-state index contributed by atoms with van der Waals surface area (Å²) in [6, 6.07) is 11.1. The van der Waals surface area contributed by atoms with Crippen LogP contribution in [0.3, 0.4) is 0 Å². The molecular weight excluding hydrogens is 282 g/mol. The highest BCUT2D eigenvalue weighted by Gasteiger charge is 2.15. The van der Waals surface area contributed by atoms with Crippen LogP contribution in [0.5, 0.6) is 0 Å². The number of carbonyl (C=O) groups is 1. The molecular formula is C14H10ClNO2S. The summed E-state index contributed by atoms with van der Waals surface area (Å²) in [6.07, 6.45) is 0. The quantitative estimate of drug-likeness (QED) is 0.789. The SMILES string of the molecule is O=C(O)c1cc2sccc2n1Cc1ccc(Cl)cc1. The lowest BCUT2D eigenvalue weighted by molar-refractivity contribution is 0.0686. The summed E-state index contributed by atoms with van der Waals surface area (Å²) in [5, 5.41) is 11.9. The summed E-state index contributed by atoms with van der Waals surface area (Å²) in [5.41, 5.74) is 2.30. The number of rotatable bonds is 3. The average Bonchev–Trinajstić information content (AvgIpc) is 2.94. The molecule has 1 N–H and O–H groups in total. The molecule has 0 amide bonds. The molecule has 3 rings (SSSR count). The van der Waals surface area contributed by atoms with E-state index in [1.807, 2.05) is 40.3 Å². The summed E-state index contributed by atoms with van der Waals surface area (Å²) in [4.78, 5) is 11.3. The van der Waals surface area contributed by atoms with Crippen LogP contribution < -0.4 is 0 Å². The fourth-order valence-corrected chi connectivity index (χ4v) is 3.05. The van der Waals surface area contributed by atoms with Crippen molar-refractivity contribution in [2.45, 2.75) is 6.54 Å². The van der Waals surface area contributed by atoms with Crippen molar-refractivity contribution in [3.05, 3.63) is 58.1 Å². The van der Waals surface area contributed by atoms with Crippen molar-refractivity contribution >= 4 is 39.1 Å². The second-order valence-corrected chi connectivity index (χ2v) is 5.60. The Morgan fingerprint density at radius 2 is 2.00 bits per heavy atom. The maximum absolute atomic E-state index is 11.3. The van der Waals surface area contributed by atoms with Gasteiger partial charge in [-0.15, -0.1) is 11.3 Å². The number of benzene rings is 1. The van der Waals surface area contributed by atoms with Gasteiger partial charge in [0, 0.05) is 11.6 Å². The van der Waals surface area contributed by atoms with Gasteiger partial charge in [0.2, 0.25) is 0 Å². The Morgan fingerprint density at radius 1 is 1.26 bits per heavy atom. The first-order chi connectivity index (χ1) is 9.15. The molecule has 96 valence electrons. The van der Waals surface area contributed by atoms with Gasteiger partial charge in [0.25, 0.3) is 0 Å². The number of thiophene rings is 1. The van der Waals surface area contributed by atoms with Crippen molar-refractivity contribution in [3.8, 4) is 0 Å². The van der Waals surface area contributed by atoms with Gasteiger partial charge in [0.05, 0.1) is 10.2 Å². The number of carboxylic acid groups (broad SMARTS) is 1. The number of nitrogens with zero attached hydrogens (tertiary/aromatic N) is 1. The van der Waals surface area contributed by atoms with Crippen molar-refractivity contribution in [3.63, 3.8) is 0 Å². The van der Waals surface area contributed by atoms with Gasteiger partial charge in [0.1, 0.15) is 5.69 Å². The molecule has 2 heterocycles. The number of fused-ring (bicyclic) bond motifs is 1. The Kier molecular flexibility index (Phi) is 3.05. The van der Waals surface area contributed by atoms with Gasteiger partial charge in [-0.25, -0.2) is 4.79 Å². The van der Waals surface area contributed by atoms with E-state index in [2.05, 4.69) is 0 Å². The Hall–Kier alpha value is -1.78. The molecule has 0 spiro atoms. The highest BCUT2D eigenvalue weighted by Crippen LogP contribution is 2.26. The predicted octanol–water partition coefficient (Wildman–Crippen LogP) is 4.10. The fraction of sp³-hybridized carbons (Fsp3) is 0.0714. The topological polar surface area (TPSA) is 42.2 Å². The third-order valence-electron chi connectivity index (χ3n) is 3.00. The lowest BCUT2D eigenvalue weighted by Gasteiger charge is -2.07. The van der Waals surface area contributed by atoms with Gasteiger partial charge in [-0.3, -0.25) is 0 Å². The zero-order valence-electron chi connectivity index (χ0n) is 9.84. The molecule has 1 aromatic carbocycles. The van der Waals surface area contributed by atoms with Crippen molar-refractivity contribution in [1.82, 2.24) is 4.57 Å². The number of aromatic carboxylic acids is 1. The van der Waals surface area contributed by atoms with E-state index in [0.29, 0.717) is 17.3 Å².